The van der Waals surface area contributed by atoms with E-state index in [0.29, 0.717) is 6.42 Å². The summed E-state index contributed by atoms with van der Waals surface area (Å²) in [6.07, 6.45) is 12.9. The fourth-order valence-electron chi connectivity index (χ4n) is 1.00. The van der Waals surface area contributed by atoms with Crippen LogP contribution in [-0.4, -0.2) is 12.0 Å². The molecule has 0 fully saturated rings. The first-order valence-electron chi connectivity index (χ1n) is 5.17. The molecule has 0 saturated carbocycles. The maximum absolute atomic E-state index is 10.7. The highest BCUT2D eigenvalue weighted by Crippen LogP contribution is 2.02. The molecule has 0 atom stereocenters. The second-order valence-electron chi connectivity index (χ2n) is 3.18. The quantitative estimate of drug-likeness (QED) is 0.482. The largest absolute Gasteiger partial charge is 0.300 e. The van der Waals surface area contributed by atoms with Gasteiger partial charge in [-0.1, -0.05) is 24.3 Å². The molecule has 0 aromatic carbocycles. The third kappa shape index (κ3) is 8.88. The summed E-state index contributed by atoms with van der Waals surface area (Å²) in [5.74, 6) is 0.225. The molecular formula is C13H19NO. The lowest BCUT2D eigenvalue weighted by atomic mass is 10.2. The predicted molar refractivity (Wildman–Crippen MR) is 66.1 cm³/mol. The molecule has 0 spiro atoms. The smallest absolute Gasteiger partial charge is 0.130 e. The molecular weight excluding hydrogens is 186 g/mol. The molecule has 0 aliphatic carbocycles. The molecule has 0 amide bonds. The summed E-state index contributed by atoms with van der Waals surface area (Å²) >= 11 is 0. The average Bonchev–Trinajstić information content (AvgIpc) is 2.20. The Hall–Kier alpha value is -1.44. The molecule has 0 rings (SSSR count). The first-order chi connectivity index (χ1) is 7.20. The van der Waals surface area contributed by atoms with Crippen LogP contribution in [0.15, 0.2) is 41.1 Å². The van der Waals surface area contributed by atoms with E-state index in [2.05, 4.69) is 4.99 Å². The standard InChI is InChI=1S/C13H19NO/c1-4-8-13(11-14-5-2)10-7-6-9-12(3)15/h4-5,7-8,10-11H,6,9H2,1-3H3/b8-4-,10-7+,13-11+,14-5?. The van der Waals surface area contributed by atoms with Gasteiger partial charge in [-0.2, -0.15) is 0 Å². The molecule has 0 saturated heterocycles. The molecule has 0 unspecified atom stereocenters. The Morgan fingerprint density at radius 1 is 1.27 bits per heavy atom. The van der Waals surface area contributed by atoms with Crippen molar-refractivity contribution in [3.63, 3.8) is 0 Å². The normalized spacial score (nSPS) is 13.4. The van der Waals surface area contributed by atoms with E-state index in [9.17, 15) is 4.79 Å². The Balaban J connectivity index is 4.22. The Morgan fingerprint density at radius 3 is 2.53 bits per heavy atom. The van der Waals surface area contributed by atoms with Gasteiger partial charge in [0, 0.05) is 18.8 Å². The molecule has 0 radical (unpaired) electrons. The number of hydrogen-bond donors (Lipinski definition) is 0. The van der Waals surface area contributed by atoms with Crippen molar-refractivity contribution in [1.82, 2.24) is 0 Å². The minimum atomic E-state index is 0.225. The van der Waals surface area contributed by atoms with Crippen LogP contribution in [0, 0.1) is 0 Å². The zero-order chi connectivity index (χ0) is 11.5. The van der Waals surface area contributed by atoms with E-state index in [1.54, 1.807) is 19.3 Å². The number of carbonyl (C=O) groups is 1. The monoisotopic (exact) mass is 205 g/mol. The van der Waals surface area contributed by atoms with E-state index in [0.717, 1.165) is 12.0 Å². The highest BCUT2D eigenvalue weighted by Gasteiger charge is 1.89. The first-order valence-corrected chi connectivity index (χ1v) is 5.17. The van der Waals surface area contributed by atoms with Crippen LogP contribution in [0.5, 0.6) is 0 Å². The molecule has 0 aromatic heterocycles. The van der Waals surface area contributed by atoms with Gasteiger partial charge in [-0.15, -0.1) is 0 Å². The van der Waals surface area contributed by atoms with Gasteiger partial charge in [0.2, 0.25) is 0 Å². The van der Waals surface area contributed by atoms with Crippen molar-refractivity contribution >= 4 is 12.0 Å². The number of nitrogens with zero attached hydrogens (tertiary/aromatic N) is 1. The Labute approximate surface area is 92.1 Å². The van der Waals surface area contributed by atoms with Crippen molar-refractivity contribution in [1.29, 1.82) is 0 Å². The minimum absolute atomic E-state index is 0.225. The van der Waals surface area contributed by atoms with Gasteiger partial charge < -0.3 is 4.79 Å². The van der Waals surface area contributed by atoms with E-state index < -0.39 is 0 Å². The molecule has 82 valence electrons. The highest BCUT2D eigenvalue weighted by atomic mass is 16.1. The molecule has 0 aliphatic heterocycles. The lowest BCUT2D eigenvalue weighted by Crippen LogP contribution is -1.86. The van der Waals surface area contributed by atoms with E-state index >= 15 is 0 Å². The number of allylic oxidation sites excluding steroid dienone is 5. The summed E-state index contributed by atoms with van der Waals surface area (Å²) in [6, 6.07) is 0. The van der Waals surface area contributed by atoms with Gasteiger partial charge in [0.05, 0.1) is 0 Å². The van der Waals surface area contributed by atoms with Gasteiger partial charge in [0.15, 0.2) is 0 Å². The van der Waals surface area contributed by atoms with Crippen LogP contribution < -0.4 is 0 Å². The van der Waals surface area contributed by atoms with Crippen molar-refractivity contribution in [3.8, 4) is 0 Å². The molecule has 0 aromatic rings. The van der Waals surface area contributed by atoms with Crippen LogP contribution in [-0.2, 0) is 4.79 Å². The van der Waals surface area contributed by atoms with Gasteiger partial charge in [-0.3, -0.25) is 4.99 Å². The fourth-order valence-corrected chi connectivity index (χ4v) is 1.00. The average molecular weight is 205 g/mol. The van der Waals surface area contributed by atoms with Crippen LogP contribution in [0.4, 0.5) is 0 Å². The van der Waals surface area contributed by atoms with Crippen molar-refractivity contribution in [2.24, 2.45) is 4.99 Å². The van der Waals surface area contributed by atoms with Gasteiger partial charge >= 0.3 is 0 Å². The van der Waals surface area contributed by atoms with Gasteiger partial charge in [-0.25, -0.2) is 0 Å². The topological polar surface area (TPSA) is 29.4 Å². The fraction of sp³-hybridized carbons (Fsp3) is 0.385. The third-order valence-electron chi connectivity index (χ3n) is 1.71. The van der Waals surface area contributed by atoms with E-state index in [1.165, 1.54) is 0 Å². The molecule has 0 aliphatic rings. The van der Waals surface area contributed by atoms with Crippen molar-refractivity contribution in [2.75, 3.05) is 0 Å². The lowest BCUT2D eigenvalue weighted by molar-refractivity contribution is -0.116. The second kappa shape index (κ2) is 9.13. The molecule has 15 heavy (non-hydrogen) atoms. The van der Waals surface area contributed by atoms with Crippen molar-refractivity contribution < 1.29 is 4.79 Å². The Morgan fingerprint density at radius 2 is 2.00 bits per heavy atom. The minimum Gasteiger partial charge on any atom is -0.300 e. The third-order valence-corrected chi connectivity index (χ3v) is 1.71. The number of aliphatic imine (C=N–C) groups is 1. The molecule has 0 N–H and O–H groups in total. The number of Topliss-reactive ketones (excluding diaryl/α,β-unsaturated/α-hetero) is 1. The summed E-state index contributed by atoms with van der Waals surface area (Å²) in [7, 11) is 0. The Kier molecular flexibility index (Phi) is 8.25. The van der Waals surface area contributed by atoms with Gasteiger partial charge in [-0.05, 0) is 32.8 Å². The zero-order valence-electron chi connectivity index (χ0n) is 9.73. The van der Waals surface area contributed by atoms with Crippen LogP contribution >= 0.6 is 0 Å². The van der Waals surface area contributed by atoms with E-state index in [4.69, 9.17) is 0 Å². The number of rotatable bonds is 6. The van der Waals surface area contributed by atoms with Gasteiger partial charge in [0.25, 0.3) is 0 Å². The van der Waals surface area contributed by atoms with Crippen molar-refractivity contribution in [2.45, 2.75) is 33.6 Å². The van der Waals surface area contributed by atoms with Crippen LogP contribution in [0.2, 0.25) is 0 Å². The summed E-state index contributed by atoms with van der Waals surface area (Å²) in [5.41, 5.74) is 1.04. The molecule has 2 heteroatoms. The highest BCUT2D eigenvalue weighted by molar-refractivity contribution is 5.75. The Bertz CT molecular complexity index is 296. The second-order valence-corrected chi connectivity index (χ2v) is 3.18. The molecule has 0 heterocycles. The van der Waals surface area contributed by atoms with Crippen LogP contribution in [0.3, 0.4) is 0 Å². The zero-order valence-corrected chi connectivity index (χ0v) is 9.73. The van der Waals surface area contributed by atoms with E-state index in [1.807, 2.05) is 38.2 Å². The number of carbonyl (C=O) groups excluding carboxylic acids is 1. The van der Waals surface area contributed by atoms with Gasteiger partial charge in [0.1, 0.15) is 5.78 Å². The summed E-state index contributed by atoms with van der Waals surface area (Å²) in [5, 5.41) is 0. The summed E-state index contributed by atoms with van der Waals surface area (Å²) < 4.78 is 0. The van der Waals surface area contributed by atoms with Crippen LogP contribution in [0.25, 0.3) is 0 Å². The SMILES string of the molecule is CC=N/C=C(\C=C/C)/C=C/CCC(C)=O. The predicted octanol–water partition coefficient (Wildman–Crippen LogP) is 3.46. The van der Waals surface area contributed by atoms with Crippen LogP contribution in [0.1, 0.15) is 33.6 Å². The lowest BCUT2D eigenvalue weighted by Gasteiger charge is -1.92. The van der Waals surface area contributed by atoms with Crippen molar-refractivity contribution in [3.05, 3.63) is 36.1 Å². The number of hydrogen-bond acceptors (Lipinski definition) is 2. The molecule has 2 nitrogen and oxygen atoms in total. The maximum Gasteiger partial charge on any atom is 0.130 e. The number of ketones is 1. The summed E-state index contributed by atoms with van der Waals surface area (Å²) in [6.45, 7) is 5.45. The molecule has 0 bridgehead atoms. The summed E-state index contributed by atoms with van der Waals surface area (Å²) in [4.78, 5) is 14.7. The van der Waals surface area contributed by atoms with E-state index in [-0.39, 0.29) is 5.78 Å². The first kappa shape index (κ1) is 13.6. The maximum atomic E-state index is 10.7.